The minimum Gasteiger partial charge on any atom is -0.497 e. The fourth-order valence-electron chi connectivity index (χ4n) is 1.88. The zero-order valence-corrected chi connectivity index (χ0v) is 11.5. The highest BCUT2D eigenvalue weighted by Gasteiger charge is 2.10. The number of nitrogens with two attached hydrogens (primary N) is 1. The number of carbonyl (C=O) groups is 1. The van der Waals surface area contributed by atoms with E-state index in [2.05, 4.69) is 10.4 Å². The number of anilines is 1. The van der Waals surface area contributed by atoms with E-state index in [0.717, 1.165) is 11.3 Å². The maximum absolute atomic E-state index is 11.9. The van der Waals surface area contributed by atoms with Gasteiger partial charge in [-0.25, -0.2) is 0 Å². The van der Waals surface area contributed by atoms with Gasteiger partial charge in [0.05, 0.1) is 25.0 Å². The summed E-state index contributed by atoms with van der Waals surface area (Å²) in [5.41, 5.74) is 7.10. The Kier molecular flexibility index (Phi) is 4.24. The SMILES string of the molecule is COc1ccc(C(C)NC(=O)Cn2cc(N)cn2)cc1. The van der Waals surface area contributed by atoms with Crippen molar-refractivity contribution in [3.05, 3.63) is 42.2 Å². The Morgan fingerprint density at radius 1 is 1.45 bits per heavy atom. The standard InChI is InChI=1S/C14H18N4O2/c1-10(11-3-5-13(20-2)6-4-11)17-14(19)9-18-8-12(15)7-16-18/h3-8,10H,9,15H2,1-2H3,(H,17,19). The molecule has 3 N–H and O–H groups in total. The van der Waals surface area contributed by atoms with Gasteiger partial charge in [0.2, 0.25) is 5.91 Å². The number of rotatable bonds is 5. The Hall–Kier alpha value is -2.50. The number of nitrogens with one attached hydrogen (secondary N) is 1. The Balaban J connectivity index is 1.92. The maximum Gasteiger partial charge on any atom is 0.242 e. The van der Waals surface area contributed by atoms with E-state index in [1.807, 2.05) is 31.2 Å². The van der Waals surface area contributed by atoms with Crippen molar-refractivity contribution >= 4 is 11.6 Å². The number of carbonyl (C=O) groups excluding carboxylic acids is 1. The number of methoxy groups -OCH3 is 1. The largest absolute Gasteiger partial charge is 0.497 e. The minimum absolute atomic E-state index is 0.0821. The quantitative estimate of drug-likeness (QED) is 0.862. The van der Waals surface area contributed by atoms with Crippen LogP contribution in [0.5, 0.6) is 5.75 Å². The van der Waals surface area contributed by atoms with E-state index < -0.39 is 0 Å². The summed E-state index contributed by atoms with van der Waals surface area (Å²) in [6, 6.07) is 7.50. The van der Waals surface area contributed by atoms with Crippen LogP contribution in [-0.2, 0) is 11.3 Å². The summed E-state index contributed by atoms with van der Waals surface area (Å²) in [5, 5.41) is 6.88. The molecule has 106 valence electrons. The lowest BCUT2D eigenvalue weighted by Crippen LogP contribution is -2.30. The topological polar surface area (TPSA) is 82.2 Å². The number of ether oxygens (including phenoxy) is 1. The van der Waals surface area contributed by atoms with Crippen LogP contribution in [0.15, 0.2) is 36.7 Å². The molecule has 1 heterocycles. The third-order valence-electron chi connectivity index (χ3n) is 2.95. The number of aromatic nitrogens is 2. The van der Waals surface area contributed by atoms with Gasteiger partial charge in [-0.15, -0.1) is 0 Å². The predicted octanol–water partition coefficient (Wildman–Crippen LogP) is 1.35. The van der Waals surface area contributed by atoms with Gasteiger partial charge >= 0.3 is 0 Å². The molecule has 0 aliphatic rings. The average Bonchev–Trinajstić information content (AvgIpc) is 2.84. The molecule has 1 aromatic heterocycles. The number of benzene rings is 1. The van der Waals surface area contributed by atoms with Crippen molar-refractivity contribution in [2.24, 2.45) is 0 Å². The molecule has 0 aliphatic heterocycles. The Labute approximate surface area is 117 Å². The Morgan fingerprint density at radius 2 is 2.15 bits per heavy atom. The number of amides is 1. The smallest absolute Gasteiger partial charge is 0.242 e. The fraction of sp³-hybridized carbons (Fsp3) is 0.286. The van der Waals surface area contributed by atoms with Crippen molar-refractivity contribution in [3.8, 4) is 5.75 Å². The molecule has 6 heteroatoms. The second-order valence-electron chi connectivity index (χ2n) is 4.53. The van der Waals surface area contributed by atoms with E-state index in [9.17, 15) is 4.79 Å². The van der Waals surface area contributed by atoms with Crippen LogP contribution in [0.1, 0.15) is 18.5 Å². The summed E-state index contributed by atoms with van der Waals surface area (Å²) in [5.74, 6) is 0.677. The third kappa shape index (κ3) is 3.50. The zero-order valence-electron chi connectivity index (χ0n) is 11.5. The number of hydrogen-bond donors (Lipinski definition) is 2. The molecule has 1 unspecified atom stereocenters. The first kappa shape index (κ1) is 13.9. The van der Waals surface area contributed by atoms with Crippen molar-refractivity contribution in [2.45, 2.75) is 19.5 Å². The van der Waals surface area contributed by atoms with Crippen LogP contribution in [-0.4, -0.2) is 22.8 Å². The van der Waals surface area contributed by atoms with Gasteiger partial charge in [0, 0.05) is 6.20 Å². The first-order valence-electron chi connectivity index (χ1n) is 6.29. The zero-order chi connectivity index (χ0) is 14.5. The molecule has 6 nitrogen and oxygen atoms in total. The third-order valence-corrected chi connectivity index (χ3v) is 2.95. The molecule has 1 aromatic carbocycles. The molecule has 20 heavy (non-hydrogen) atoms. The van der Waals surface area contributed by atoms with Crippen LogP contribution in [0.2, 0.25) is 0 Å². The number of nitrogens with zero attached hydrogens (tertiary/aromatic N) is 2. The van der Waals surface area contributed by atoms with Gasteiger partial charge in [0.25, 0.3) is 0 Å². The monoisotopic (exact) mass is 274 g/mol. The first-order valence-corrected chi connectivity index (χ1v) is 6.29. The summed E-state index contributed by atoms with van der Waals surface area (Å²) in [7, 11) is 1.62. The van der Waals surface area contributed by atoms with Crippen molar-refractivity contribution in [3.63, 3.8) is 0 Å². The second-order valence-corrected chi connectivity index (χ2v) is 4.53. The van der Waals surface area contributed by atoms with Crippen LogP contribution in [0, 0.1) is 0 Å². The molecule has 0 radical (unpaired) electrons. The number of nitrogen functional groups attached to an aromatic ring is 1. The van der Waals surface area contributed by atoms with Gasteiger partial charge in [0.1, 0.15) is 12.3 Å². The van der Waals surface area contributed by atoms with Crippen LogP contribution < -0.4 is 15.8 Å². The molecule has 0 saturated carbocycles. The van der Waals surface area contributed by atoms with E-state index in [-0.39, 0.29) is 18.5 Å². The highest BCUT2D eigenvalue weighted by atomic mass is 16.5. The summed E-state index contributed by atoms with van der Waals surface area (Å²) in [4.78, 5) is 11.9. The summed E-state index contributed by atoms with van der Waals surface area (Å²) in [6.07, 6.45) is 3.14. The van der Waals surface area contributed by atoms with Gasteiger partial charge in [-0.1, -0.05) is 12.1 Å². The summed E-state index contributed by atoms with van der Waals surface area (Å²) >= 11 is 0. The van der Waals surface area contributed by atoms with Gasteiger partial charge in [-0.3, -0.25) is 9.48 Å². The van der Waals surface area contributed by atoms with E-state index >= 15 is 0 Å². The van der Waals surface area contributed by atoms with E-state index in [0.29, 0.717) is 5.69 Å². The lowest BCUT2D eigenvalue weighted by Gasteiger charge is -2.14. The first-order chi connectivity index (χ1) is 9.58. The normalized spacial score (nSPS) is 11.9. The number of hydrogen-bond acceptors (Lipinski definition) is 4. The molecular weight excluding hydrogens is 256 g/mol. The Morgan fingerprint density at radius 3 is 2.70 bits per heavy atom. The lowest BCUT2D eigenvalue weighted by atomic mass is 10.1. The molecule has 0 spiro atoms. The molecule has 1 amide bonds. The average molecular weight is 274 g/mol. The van der Waals surface area contributed by atoms with Crippen LogP contribution in [0.3, 0.4) is 0 Å². The van der Waals surface area contributed by atoms with Crippen molar-refractivity contribution < 1.29 is 9.53 Å². The van der Waals surface area contributed by atoms with E-state index in [4.69, 9.17) is 10.5 Å². The van der Waals surface area contributed by atoms with Gasteiger partial charge in [-0.2, -0.15) is 5.10 Å². The van der Waals surface area contributed by atoms with Crippen molar-refractivity contribution in [2.75, 3.05) is 12.8 Å². The minimum atomic E-state index is -0.114. The van der Waals surface area contributed by atoms with Gasteiger partial charge in [0.15, 0.2) is 0 Å². The van der Waals surface area contributed by atoms with Crippen molar-refractivity contribution in [1.82, 2.24) is 15.1 Å². The summed E-state index contributed by atoms with van der Waals surface area (Å²) in [6.45, 7) is 2.08. The molecule has 0 fully saturated rings. The fourth-order valence-corrected chi connectivity index (χ4v) is 1.88. The van der Waals surface area contributed by atoms with Crippen LogP contribution in [0.25, 0.3) is 0 Å². The molecule has 2 rings (SSSR count). The molecular formula is C14H18N4O2. The molecule has 2 aromatic rings. The highest BCUT2D eigenvalue weighted by Crippen LogP contribution is 2.17. The highest BCUT2D eigenvalue weighted by molar-refractivity contribution is 5.76. The van der Waals surface area contributed by atoms with Crippen LogP contribution >= 0.6 is 0 Å². The van der Waals surface area contributed by atoms with Crippen LogP contribution in [0.4, 0.5) is 5.69 Å². The maximum atomic E-state index is 11.9. The second kappa shape index (κ2) is 6.10. The van der Waals surface area contributed by atoms with E-state index in [1.54, 1.807) is 13.3 Å². The van der Waals surface area contributed by atoms with Crippen molar-refractivity contribution in [1.29, 1.82) is 0 Å². The molecule has 0 saturated heterocycles. The molecule has 1 atom stereocenters. The predicted molar refractivity (Wildman–Crippen MR) is 76.2 cm³/mol. The molecule has 0 aliphatic carbocycles. The lowest BCUT2D eigenvalue weighted by molar-refractivity contribution is -0.122. The summed E-state index contributed by atoms with van der Waals surface area (Å²) < 4.78 is 6.61. The Bertz CT molecular complexity index is 577. The van der Waals surface area contributed by atoms with E-state index in [1.165, 1.54) is 10.9 Å². The van der Waals surface area contributed by atoms with Gasteiger partial charge in [-0.05, 0) is 24.6 Å². The molecule has 0 bridgehead atoms. The van der Waals surface area contributed by atoms with Gasteiger partial charge < -0.3 is 15.8 Å².